The summed E-state index contributed by atoms with van der Waals surface area (Å²) >= 11 is 0. The molecular formula is C30H32F7NO3. The van der Waals surface area contributed by atoms with Gasteiger partial charge < -0.3 is 9.84 Å². The summed E-state index contributed by atoms with van der Waals surface area (Å²) in [4.78, 5) is 12.5. The van der Waals surface area contributed by atoms with E-state index in [1.54, 1.807) is 6.07 Å². The maximum absolute atomic E-state index is 14.4. The number of Topliss-reactive ketones (excluding diaryl/α,β-unsaturated/α-hetero) is 1. The van der Waals surface area contributed by atoms with Gasteiger partial charge in [0.1, 0.15) is 11.5 Å². The Bertz CT molecular complexity index is 1420. The van der Waals surface area contributed by atoms with Gasteiger partial charge in [-0.3, -0.25) is 9.36 Å². The molecular weight excluding hydrogens is 555 g/mol. The predicted octanol–water partition coefficient (Wildman–Crippen LogP) is 9.37. The van der Waals surface area contributed by atoms with Crippen LogP contribution in [-0.2, 0) is 10.8 Å². The summed E-state index contributed by atoms with van der Waals surface area (Å²) in [5, 5.41) is 10.4. The average Bonchev–Trinajstić information content (AvgIpc) is 3.30. The second-order valence-electron chi connectivity index (χ2n) is 11.2. The lowest BCUT2D eigenvalue weighted by Gasteiger charge is -2.30. The molecule has 4 nitrogen and oxygen atoms in total. The number of ketones is 1. The summed E-state index contributed by atoms with van der Waals surface area (Å²) in [7, 11) is 0. The number of ether oxygens (including phenoxy) is 1. The molecule has 224 valence electrons. The molecule has 0 unspecified atom stereocenters. The molecule has 0 saturated heterocycles. The summed E-state index contributed by atoms with van der Waals surface area (Å²) in [5.74, 6) is -16.0. The van der Waals surface area contributed by atoms with Crippen molar-refractivity contribution in [3.8, 4) is 23.1 Å². The fraction of sp³-hybridized carbons (Fsp3) is 0.433. The summed E-state index contributed by atoms with van der Waals surface area (Å²) < 4.78 is 101. The van der Waals surface area contributed by atoms with Crippen LogP contribution in [0.5, 0.6) is 17.4 Å². The lowest BCUT2D eigenvalue weighted by atomic mass is 9.76. The molecule has 0 spiro atoms. The fourth-order valence-corrected chi connectivity index (χ4v) is 4.08. The van der Waals surface area contributed by atoms with Gasteiger partial charge in [0.15, 0.2) is 0 Å². The van der Waals surface area contributed by atoms with Crippen LogP contribution >= 0.6 is 0 Å². The largest absolute Gasteiger partial charge is 0.506 e. The fourth-order valence-electron chi connectivity index (χ4n) is 4.08. The van der Waals surface area contributed by atoms with Crippen molar-refractivity contribution >= 4 is 5.78 Å². The Kier molecular flexibility index (Phi) is 8.37. The first kappa shape index (κ1) is 32.0. The number of aromatic nitrogens is 1. The zero-order chi connectivity index (χ0) is 31.2. The molecule has 2 aromatic carbocycles. The second kappa shape index (κ2) is 10.7. The summed E-state index contributed by atoms with van der Waals surface area (Å²) in [6, 6.07) is 11.5. The molecule has 3 rings (SSSR count). The van der Waals surface area contributed by atoms with E-state index < -0.39 is 40.5 Å². The van der Waals surface area contributed by atoms with Crippen LogP contribution in [0, 0.1) is 0 Å². The highest BCUT2D eigenvalue weighted by atomic mass is 19.4. The number of rotatable bonds is 10. The van der Waals surface area contributed by atoms with Gasteiger partial charge >= 0.3 is 18.0 Å². The Morgan fingerprint density at radius 1 is 0.854 bits per heavy atom. The number of phenolic OH excluding ortho intramolecular Hbond substituents is 1. The molecule has 1 N–H and O–H groups in total. The van der Waals surface area contributed by atoms with Gasteiger partial charge in [0.05, 0.1) is 5.69 Å². The van der Waals surface area contributed by atoms with E-state index in [2.05, 4.69) is 13.8 Å². The van der Waals surface area contributed by atoms with E-state index in [4.69, 9.17) is 4.74 Å². The van der Waals surface area contributed by atoms with Crippen molar-refractivity contribution in [3.63, 3.8) is 0 Å². The number of benzene rings is 2. The Morgan fingerprint density at radius 2 is 1.44 bits per heavy atom. The van der Waals surface area contributed by atoms with Crippen LogP contribution in [0.25, 0.3) is 5.69 Å². The van der Waals surface area contributed by atoms with Gasteiger partial charge in [0.2, 0.25) is 11.7 Å². The van der Waals surface area contributed by atoms with E-state index in [-0.39, 0.29) is 22.7 Å². The van der Waals surface area contributed by atoms with Crippen LogP contribution in [-0.4, -0.2) is 33.5 Å². The van der Waals surface area contributed by atoms with Crippen molar-refractivity contribution in [2.45, 2.75) is 83.2 Å². The number of carbonyl (C=O) groups excluding carboxylic acids is 1. The molecule has 0 aliphatic heterocycles. The van der Waals surface area contributed by atoms with E-state index >= 15 is 0 Å². The van der Waals surface area contributed by atoms with Crippen LogP contribution in [0.1, 0.15) is 75.9 Å². The van der Waals surface area contributed by atoms with Crippen molar-refractivity contribution in [2.75, 3.05) is 0 Å². The number of hydrogen-bond donors (Lipinski definition) is 1. The molecule has 0 saturated carbocycles. The van der Waals surface area contributed by atoms with E-state index in [0.717, 1.165) is 16.6 Å². The zero-order valence-corrected chi connectivity index (χ0v) is 23.5. The van der Waals surface area contributed by atoms with Crippen LogP contribution in [0.2, 0.25) is 0 Å². The molecule has 0 bridgehead atoms. The lowest BCUT2D eigenvalue weighted by molar-refractivity contribution is -0.339. The molecule has 0 aliphatic carbocycles. The number of aromatic hydroxyl groups is 1. The molecule has 0 radical (unpaired) electrons. The van der Waals surface area contributed by atoms with E-state index in [0.29, 0.717) is 24.2 Å². The molecule has 41 heavy (non-hydrogen) atoms. The predicted molar refractivity (Wildman–Crippen MR) is 141 cm³/mol. The van der Waals surface area contributed by atoms with Gasteiger partial charge in [0, 0.05) is 23.4 Å². The highest BCUT2D eigenvalue weighted by Gasteiger charge is 2.76. The van der Waals surface area contributed by atoms with Crippen molar-refractivity contribution in [1.29, 1.82) is 0 Å². The smallest absolute Gasteiger partial charge is 0.460 e. The Balaban J connectivity index is 2.23. The van der Waals surface area contributed by atoms with Crippen molar-refractivity contribution in [1.82, 2.24) is 4.57 Å². The molecule has 11 heteroatoms. The molecule has 0 fully saturated rings. The normalized spacial score (nSPS) is 13.4. The first-order valence-corrected chi connectivity index (χ1v) is 12.9. The number of nitrogens with zero attached hydrogens (tertiary/aromatic N) is 1. The van der Waals surface area contributed by atoms with Crippen molar-refractivity contribution in [2.24, 2.45) is 0 Å². The van der Waals surface area contributed by atoms with Crippen LogP contribution in [0.15, 0.2) is 54.7 Å². The first-order chi connectivity index (χ1) is 18.7. The molecule has 1 heterocycles. The van der Waals surface area contributed by atoms with Crippen LogP contribution in [0.4, 0.5) is 30.7 Å². The number of hydrogen-bond acceptors (Lipinski definition) is 3. The molecule has 0 atom stereocenters. The van der Waals surface area contributed by atoms with Gasteiger partial charge in [0.25, 0.3) is 0 Å². The number of halogens is 7. The third kappa shape index (κ3) is 5.81. The molecule has 3 aromatic rings. The van der Waals surface area contributed by atoms with Crippen molar-refractivity contribution in [3.05, 3.63) is 71.4 Å². The Hall–Kier alpha value is -3.50. The van der Waals surface area contributed by atoms with Crippen LogP contribution < -0.4 is 4.74 Å². The number of alkyl halides is 7. The lowest BCUT2D eigenvalue weighted by Crippen LogP contribution is -2.56. The molecule has 0 aliphatic rings. The molecule has 1 aromatic heterocycles. The minimum absolute atomic E-state index is 0.0903. The first-order valence-electron chi connectivity index (χ1n) is 12.9. The average molecular weight is 588 g/mol. The van der Waals surface area contributed by atoms with Gasteiger partial charge in [-0.2, -0.15) is 30.7 Å². The number of phenols is 1. The van der Waals surface area contributed by atoms with Crippen LogP contribution in [0.3, 0.4) is 0 Å². The Morgan fingerprint density at radius 3 is 1.98 bits per heavy atom. The quantitative estimate of drug-likeness (QED) is 0.190. The number of carbonyl (C=O) groups is 1. The monoisotopic (exact) mass is 587 g/mol. The van der Waals surface area contributed by atoms with E-state index in [1.165, 1.54) is 24.3 Å². The maximum atomic E-state index is 14.4. The SMILES string of the molecule is CCC(C)(C)c1ccc(Oc2cc(C(=O)C(F)(F)C(F)(F)C(F)(F)F)cn2-c2ccccc2O)c(C(C)(C)CC)c1. The minimum atomic E-state index is -6.68. The Labute approximate surface area is 233 Å². The molecule has 0 amide bonds. The highest BCUT2D eigenvalue weighted by Crippen LogP contribution is 2.48. The van der Waals surface area contributed by atoms with Gasteiger partial charge in [-0.25, -0.2) is 0 Å². The van der Waals surface area contributed by atoms with Crippen molar-refractivity contribution < 1.29 is 45.4 Å². The van der Waals surface area contributed by atoms with Gasteiger partial charge in [-0.1, -0.05) is 65.8 Å². The summed E-state index contributed by atoms with van der Waals surface area (Å²) in [6.07, 6.45) is -4.58. The van der Waals surface area contributed by atoms with E-state index in [1.807, 2.05) is 39.8 Å². The summed E-state index contributed by atoms with van der Waals surface area (Å²) in [5.41, 5.74) is -0.232. The van der Waals surface area contributed by atoms with Gasteiger partial charge in [-0.05, 0) is 47.4 Å². The minimum Gasteiger partial charge on any atom is -0.506 e. The zero-order valence-electron chi connectivity index (χ0n) is 23.5. The summed E-state index contributed by atoms with van der Waals surface area (Å²) in [6.45, 7) is 12.0. The third-order valence-corrected chi connectivity index (χ3v) is 7.70. The highest BCUT2D eigenvalue weighted by molar-refractivity contribution is 6.02. The maximum Gasteiger partial charge on any atom is 0.460 e. The third-order valence-electron chi connectivity index (χ3n) is 7.70. The van der Waals surface area contributed by atoms with E-state index in [9.17, 15) is 40.6 Å². The van der Waals surface area contributed by atoms with Gasteiger partial charge in [-0.15, -0.1) is 0 Å². The second-order valence-corrected chi connectivity index (χ2v) is 11.2. The number of para-hydroxylation sites is 2. The topological polar surface area (TPSA) is 51.5 Å². The standard InChI is InChI=1S/C30H32F7NO3/c1-7-26(3,4)19-13-14-23(20(16-19)27(5,6)8-2)41-24-15-18(17-38(24)21-11-9-10-12-22(21)39)25(40)28(31,32)29(33,34)30(35,36)37/h9-17,39H,7-8H2,1-6H3.